The first kappa shape index (κ1) is 29.3. The zero-order valence-electron chi connectivity index (χ0n) is 23.0. The van der Waals surface area contributed by atoms with E-state index in [0.717, 1.165) is 60.1 Å². The van der Waals surface area contributed by atoms with Gasteiger partial charge in [-0.15, -0.1) is 0 Å². The van der Waals surface area contributed by atoms with E-state index in [9.17, 15) is 9.59 Å². The lowest BCUT2D eigenvalue weighted by Crippen LogP contribution is -2.17. The Morgan fingerprint density at radius 2 is 0.868 bits per heavy atom. The molecule has 0 unspecified atom stereocenters. The Morgan fingerprint density at radius 3 is 1.21 bits per heavy atom. The van der Waals surface area contributed by atoms with Gasteiger partial charge < -0.3 is 18.9 Å². The number of carbonyl (C=O) groups excluding carboxylic acids is 2. The average Bonchev–Trinajstić information content (AvgIpc) is 2.94. The van der Waals surface area contributed by atoms with Gasteiger partial charge in [-0.3, -0.25) is 0 Å². The third kappa shape index (κ3) is 8.93. The van der Waals surface area contributed by atoms with Crippen LogP contribution in [0.25, 0.3) is 21.5 Å². The highest BCUT2D eigenvalue weighted by Gasteiger charge is 2.18. The molecule has 0 atom stereocenters. The molecule has 0 aliphatic carbocycles. The predicted molar refractivity (Wildman–Crippen MR) is 152 cm³/mol. The average molecular weight is 523 g/mol. The monoisotopic (exact) mass is 522 g/mol. The number of ether oxygens (including phenoxy) is 4. The van der Waals surface area contributed by atoms with Crippen LogP contribution in [0.1, 0.15) is 78.1 Å². The van der Waals surface area contributed by atoms with Crippen molar-refractivity contribution in [3.8, 4) is 11.5 Å². The van der Waals surface area contributed by atoms with E-state index >= 15 is 0 Å². The molecule has 3 rings (SSSR count). The van der Waals surface area contributed by atoms with E-state index in [2.05, 4.69) is 13.8 Å². The lowest BCUT2D eigenvalue weighted by molar-refractivity contribution is -0.147. The van der Waals surface area contributed by atoms with E-state index in [1.807, 2.05) is 48.5 Å². The second-order valence-corrected chi connectivity index (χ2v) is 9.60. The molecule has 0 radical (unpaired) electrons. The molecule has 0 spiro atoms. The minimum Gasteiger partial charge on any atom is -0.481 e. The van der Waals surface area contributed by atoms with E-state index in [0.29, 0.717) is 24.7 Å². The van der Waals surface area contributed by atoms with Crippen LogP contribution in [0.4, 0.5) is 0 Å². The highest BCUT2D eigenvalue weighted by molar-refractivity contribution is 6.11. The Balaban J connectivity index is 1.67. The van der Waals surface area contributed by atoms with E-state index < -0.39 is 0 Å². The van der Waals surface area contributed by atoms with Crippen LogP contribution in [0.5, 0.6) is 11.5 Å². The number of esters is 2. The van der Waals surface area contributed by atoms with Crippen molar-refractivity contribution in [2.24, 2.45) is 0 Å². The van der Waals surface area contributed by atoms with Crippen molar-refractivity contribution in [3.05, 3.63) is 48.5 Å². The van der Waals surface area contributed by atoms with Gasteiger partial charge >= 0.3 is 11.9 Å². The molecule has 6 nitrogen and oxygen atoms in total. The number of hydrogen-bond acceptors (Lipinski definition) is 6. The molecule has 0 saturated heterocycles. The molecule has 0 aliphatic heterocycles. The van der Waals surface area contributed by atoms with Gasteiger partial charge in [0.05, 0.1) is 13.2 Å². The maximum Gasteiger partial charge on any atom is 0.344 e. The molecule has 0 amide bonds. The number of unbranched alkanes of at least 4 members (excludes halogenated alkanes) is 8. The van der Waals surface area contributed by atoms with Gasteiger partial charge in [-0.1, -0.05) is 114 Å². The first-order valence-corrected chi connectivity index (χ1v) is 14.2. The SMILES string of the molecule is CCCCCCCOC(=O)COc1c2ccccc2c(OCC(=O)OCCCCCCC)c2ccccc12. The van der Waals surface area contributed by atoms with Crippen LogP contribution in [0.15, 0.2) is 48.5 Å². The summed E-state index contributed by atoms with van der Waals surface area (Å²) in [7, 11) is 0. The van der Waals surface area contributed by atoms with Gasteiger partial charge in [-0.2, -0.15) is 0 Å². The molecule has 0 saturated carbocycles. The molecular weight excluding hydrogens is 480 g/mol. The summed E-state index contributed by atoms with van der Waals surface area (Å²) in [4.78, 5) is 24.7. The van der Waals surface area contributed by atoms with Gasteiger partial charge in [0.15, 0.2) is 13.2 Å². The fourth-order valence-corrected chi connectivity index (χ4v) is 4.49. The first-order chi connectivity index (χ1) is 18.7. The topological polar surface area (TPSA) is 71.1 Å². The number of hydrogen-bond donors (Lipinski definition) is 0. The van der Waals surface area contributed by atoms with Crippen molar-refractivity contribution in [1.82, 2.24) is 0 Å². The Morgan fingerprint density at radius 1 is 0.526 bits per heavy atom. The smallest absolute Gasteiger partial charge is 0.344 e. The molecule has 0 aromatic heterocycles. The molecule has 0 heterocycles. The highest BCUT2D eigenvalue weighted by Crippen LogP contribution is 2.42. The standard InChI is InChI=1S/C32H42O6/c1-3-5-7-9-15-21-35-29(33)23-37-31-25-17-11-13-19-27(25)32(28-20-14-12-18-26(28)31)38-24-30(34)36-22-16-10-8-6-4-2/h11-14,17-20H,3-10,15-16,21-24H2,1-2H3. The Hall–Kier alpha value is -3.28. The summed E-state index contributed by atoms with van der Waals surface area (Å²) in [5.41, 5.74) is 0. The Bertz CT molecular complexity index is 1010. The molecule has 38 heavy (non-hydrogen) atoms. The molecule has 0 fully saturated rings. The van der Waals surface area contributed by atoms with Crippen LogP contribution < -0.4 is 9.47 Å². The van der Waals surface area contributed by atoms with Gasteiger partial charge in [0.25, 0.3) is 0 Å². The molecule has 206 valence electrons. The molecule has 0 aliphatic rings. The lowest BCUT2D eigenvalue weighted by Gasteiger charge is -2.17. The van der Waals surface area contributed by atoms with E-state index in [1.54, 1.807) is 0 Å². The molecule has 0 N–H and O–H groups in total. The van der Waals surface area contributed by atoms with Crippen molar-refractivity contribution in [3.63, 3.8) is 0 Å². The maximum atomic E-state index is 12.4. The van der Waals surface area contributed by atoms with Gasteiger partial charge in [-0.25, -0.2) is 9.59 Å². The third-order valence-electron chi connectivity index (χ3n) is 6.52. The summed E-state index contributed by atoms with van der Waals surface area (Å²) >= 11 is 0. The lowest BCUT2D eigenvalue weighted by atomic mass is 10.0. The van der Waals surface area contributed by atoms with Gasteiger partial charge in [0.1, 0.15) is 11.5 Å². The minimum atomic E-state index is -0.383. The normalized spacial score (nSPS) is 11.0. The van der Waals surface area contributed by atoms with Crippen molar-refractivity contribution < 1.29 is 28.5 Å². The molecule has 3 aromatic rings. The first-order valence-electron chi connectivity index (χ1n) is 14.2. The molecule has 3 aromatic carbocycles. The van der Waals surface area contributed by atoms with Crippen molar-refractivity contribution >= 4 is 33.5 Å². The predicted octanol–water partition coefficient (Wildman–Crippen LogP) is 7.78. The number of benzene rings is 3. The van der Waals surface area contributed by atoms with E-state index in [4.69, 9.17) is 18.9 Å². The Labute approximate surface area is 226 Å². The fraction of sp³-hybridized carbons (Fsp3) is 0.500. The van der Waals surface area contributed by atoms with Crippen molar-refractivity contribution in [2.75, 3.05) is 26.4 Å². The van der Waals surface area contributed by atoms with Crippen LogP contribution in [0, 0.1) is 0 Å². The number of rotatable bonds is 18. The molecular formula is C32H42O6. The van der Waals surface area contributed by atoms with Crippen LogP contribution >= 0.6 is 0 Å². The fourth-order valence-electron chi connectivity index (χ4n) is 4.49. The third-order valence-corrected chi connectivity index (χ3v) is 6.52. The summed E-state index contributed by atoms with van der Waals surface area (Å²) in [5.74, 6) is 0.425. The summed E-state index contributed by atoms with van der Waals surface area (Å²) in [6, 6.07) is 15.4. The minimum absolute atomic E-state index is 0.173. The second-order valence-electron chi connectivity index (χ2n) is 9.60. The summed E-state index contributed by atoms with van der Waals surface area (Å²) in [6.45, 7) is 4.83. The van der Waals surface area contributed by atoms with Crippen LogP contribution in [0.3, 0.4) is 0 Å². The van der Waals surface area contributed by atoms with Crippen LogP contribution in [-0.2, 0) is 19.1 Å². The summed E-state index contributed by atoms with van der Waals surface area (Å²) in [5, 5.41) is 3.21. The van der Waals surface area contributed by atoms with Gasteiger partial charge in [0, 0.05) is 21.5 Å². The van der Waals surface area contributed by atoms with E-state index in [-0.39, 0.29) is 25.2 Å². The zero-order chi connectivity index (χ0) is 27.0. The van der Waals surface area contributed by atoms with Crippen LogP contribution in [-0.4, -0.2) is 38.4 Å². The molecule has 6 heteroatoms. The zero-order valence-corrected chi connectivity index (χ0v) is 23.0. The summed E-state index contributed by atoms with van der Waals surface area (Å²) in [6.07, 6.45) is 11.0. The van der Waals surface area contributed by atoms with Gasteiger partial charge in [0.2, 0.25) is 0 Å². The maximum absolute atomic E-state index is 12.4. The number of carbonyl (C=O) groups is 2. The van der Waals surface area contributed by atoms with Gasteiger partial charge in [-0.05, 0) is 12.8 Å². The largest absolute Gasteiger partial charge is 0.481 e. The van der Waals surface area contributed by atoms with Crippen molar-refractivity contribution in [1.29, 1.82) is 0 Å². The highest BCUT2D eigenvalue weighted by atomic mass is 16.6. The quantitative estimate of drug-likeness (QED) is 0.0965. The number of fused-ring (bicyclic) bond motifs is 2. The molecule has 0 bridgehead atoms. The second kappa shape index (κ2) is 16.5. The Kier molecular flexibility index (Phi) is 12.7. The van der Waals surface area contributed by atoms with E-state index in [1.165, 1.54) is 25.7 Å². The summed E-state index contributed by atoms with van der Waals surface area (Å²) < 4.78 is 22.8. The van der Waals surface area contributed by atoms with Crippen LogP contribution in [0.2, 0.25) is 0 Å². The van der Waals surface area contributed by atoms with Crippen molar-refractivity contribution in [2.45, 2.75) is 78.1 Å².